The molecular formula is C11H16O3. The van der Waals surface area contributed by atoms with Crippen molar-refractivity contribution in [1.82, 2.24) is 0 Å². The molecule has 3 N–H and O–H groups in total. The van der Waals surface area contributed by atoms with E-state index in [4.69, 9.17) is 0 Å². The van der Waals surface area contributed by atoms with Crippen LogP contribution in [0.5, 0.6) is 0 Å². The largest absolute Gasteiger partial charge is 0.386 e. The molecule has 0 rings (SSSR count). The van der Waals surface area contributed by atoms with Gasteiger partial charge in [0.1, 0.15) is 17.3 Å². The average Bonchev–Trinajstić information content (AvgIpc) is 2.25. The Morgan fingerprint density at radius 3 is 1.14 bits per heavy atom. The number of rotatable bonds is 6. The number of hydrogen-bond acceptors (Lipinski definition) is 3. The van der Waals surface area contributed by atoms with Gasteiger partial charge in [0.05, 0.1) is 0 Å². The molecule has 0 spiro atoms. The fraction of sp³-hybridized carbons (Fsp3) is 0.273. The second kappa shape index (κ2) is 4.37. The summed E-state index contributed by atoms with van der Waals surface area (Å²) in [6.45, 7) is 13.4. The Bertz CT molecular complexity index is 213. The summed E-state index contributed by atoms with van der Waals surface area (Å²) in [6, 6.07) is 0. The summed E-state index contributed by atoms with van der Waals surface area (Å²) in [5.74, 6) is 0. The molecule has 78 valence electrons. The lowest BCUT2D eigenvalue weighted by molar-refractivity contribution is -0.0913. The molecule has 0 saturated carbocycles. The van der Waals surface area contributed by atoms with Crippen LogP contribution in [0.2, 0.25) is 0 Å². The lowest BCUT2D eigenvalue weighted by atomic mass is 9.83. The Labute approximate surface area is 84.0 Å². The molecule has 0 aliphatic carbocycles. The van der Waals surface area contributed by atoms with E-state index in [9.17, 15) is 15.3 Å². The minimum atomic E-state index is -1.78. The van der Waals surface area contributed by atoms with Crippen molar-refractivity contribution in [3.8, 4) is 0 Å². The Kier molecular flexibility index (Phi) is 4.01. The zero-order valence-electron chi connectivity index (χ0n) is 8.06. The third-order valence-electron chi connectivity index (χ3n) is 2.18. The van der Waals surface area contributed by atoms with E-state index in [2.05, 4.69) is 26.3 Å². The van der Waals surface area contributed by atoms with Crippen molar-refractivity contribution >= 4 is 0 Å². The molecule has 0 heterocycles. The van der Waals surface area contributed by atoms with Crippen LogP contribution in [0.4, 0.5) is 0 Å². The van der Waals surface area contributed by atoms with Crippen LogP contribution in [0.1, 0.15) is 0 Å². The van der Waals surface area contributed by atoms with Gasteiger partial charge in [0, 0.05) is 0 Å². The van der Waals surface area contributed by atoms with Crippen molar-refractivity contribution in [2.45, 2.75) is 17.3 Å². The van der Waals surface area contributed by atoms with Crippen LogP contribution in [0.15, 0.2) is 50.6 Å². The first kappa shape index (κ1) is 12.8. The summed E-state index contributed by atoms with van der Waals surface area (Å²) in [7, 11) is 0. The molecular weight excluding hydrogens is 180 g/mol. The minimum absolute atomic E-state index is 1.09. The van der Waals surface area contributed by atoms with Crippen molar-refractivity contribution in [1.29, 1.82) is 0 Å². The van der Waals surface area contributed by atoms with E-state index in [0.29, 0.717) is 0 Å². The van der Waals surface area contributed by atoms with Crippen molar-refractivity contribution in [2.75, 3.05) is 0 Å². The maximum Gasteiger partial charge on any atom is 0.130 e. The van der Waals surface area contributed by atoms with Crippen LogP contribution in [-0.2, 0) is 0 Å². The second-order valence-corrected chi connectivity index (χ2v) is 2.99. The van der Waals surface area contributed by atoms with E-state index in [0.717, 1.165) is 24.3 Å². The molecule has 3 heteroatoms. The second-order valence-electron chi connectivity index (χ2n) is 2.99. The van der Waals surface area contributed by atoms with Crippen LogP contribution in [0.3, 0.4) is 0 Å². The van der Waals surface area contributed by atoms with Gasteiger partial charge in [-0.15, -0.1) is 0 Å². The van der Waals surface area contributed by atoms with E-state index in [1.807, 2.05) is 0 Å². The van der Waals surface area contributed by atoms with Gasteiger partial charge in [0.15, 0.2) is 0 Å². The van der Waals surface area contributed by atoms with Crippen molar-refractivity contribution in [3.05, 3.63) is 50.6 Å². The number of aliphatic hydroxyl groups is 3. The first-order valence-electron chi connectivity index (χ1n) is 4.07. The van der Waals surface area contributed by atoms with Gasteiger partial charge in [-0.2, -0.15) is 0 Å². The molecule has 0 radical (unpaired) electrons. The molecule has 0 bridgehead atoms. The zero-order chi connectivity index (χ0) is 11.4. The first-order chi connectivity index (χ1) is 6.40. The average molecular weight is 196 g/mol. The van der Waals surface area contributed by atoms with Gasteiger partial charge < -0.3 is 15.3 Å². The van der Waals surface area contributed by atoms with Gasteiger partial charge in [-0.3, -0.25) is 0 Å². The predicted molar refractivity (Wildman–Crippen MR) is 56.7 cm³/mol. The van der Waals surface area contributed by atoms with Crippen molar-refractivity contribution in [2.24, 2.45) is 0 Å². The number of aliphatic hydroxyl groups excluding tert-OH is 1. The van der Waals surface area contributed by atoms with Crippen molar-refractivity contribution in [3.63, 3.8) is 0 Å². The van der Waals surface area contributed by atoms with Crippen LogP contribution >= 0.6 is 0 Å². The minimum Gasteiger partial charge on any atom is -0.386 e. The molecule has 0 saturated heterocycles. The molecule has 0 aromatic heterocycles. The maximum atomic E-state index is 9.75. The maximum absolute atomic E-state index is 9.75. The highest BCUT2D eigenvalue weighted by molar-refractivity contribution is 5.24. The lowest BCUT2D eigenvalue weighted by Crippen LogP contribution is -2.52. The van der Waals surface area contributed by atoms with Crippen molar-refractivity contribution < 1.29 is 15.3 Å². The van der Waals surface area contributed by atoms with E-state index < -0.39 is 17.3 Å². The van der Waals surface area contributed by atoms with Crippen LogP contribution < -0.4 is 0 Å². The monoisotopic (exact) mass is 196 g/mol. The highest BCUT2D eigenvalue weighted by atomic mass is 16.4. The third-order valence-corrected chi connectivity index (χ3v) is 2.18. The molecule has 0 aliphatic rings. The normalized spacial score (nSPS) is 12.3. The van der Waals surface area contributed by atoms with E-state index in [-0.39, 0.29) is 0 Å². The number of hydrogen-bond donors (Lipinski definition) is 3. The summed E-state index contributed by atoms with van der Waals surface area (Å²) < 4.78 is 0. The fourth-order valence-corrected chi connectivity index (χ4v) is 0.984. The third kappa shape index (κ3) is 2.01. The van der Waals surface area contributed by atoms with Gasteiger partial charge >= 0.3 is 0 Å². The molecule has 0 atom stereocenters. The van der Waals surface area contributed by atoms with Gasteiger partial charge in [-0.1, -0.05) is 50.6 Å². The SMILES string of the molecule is C=CC(O)(C=C)C(O)C(O)(C=C)C=C. The molecule has 0 fully saturated rings. The Morgan fingerprint density at radius 1 is 0.786 bits per heavy atom. The van der Waals surface area contributed by atoms with Gasteiger partial charge in [0.2, 0.25) is 0 Å². The first-order valence-corrected chi connectivity index (χ1v) is 4.07. The summed E-state index contributed by atoms with van der Waals surface area (Å²) in [4.78, 5) is 0. The molecule has 0 unspecified atom stereocenters. The van der Waals surface area contributed by atoms with Gasteiger partial charge in [0.25, 0.3) is 0 Å². The van der Waals surface area contributed by atoms with E-state index >= 15 is 0 Å². The molecule has 0 aromatic carbocycles. The Balaban J connectivity index is 5.18. The molecule has 0 aliphatic heterocycles. The smallest absolute Gasteiger partial charge is 0.130 e. The molecule has 0 aromatic rings. The lowest BCUT2D eigenvalue weighted by Gasteiger charge is -2.35. The molecule has 14 heavy (non-hydrogen) atoms. The van der Waals surface area contributed by atoms with Crippen LogP contribution in [-0.4, -0.2) is 32.6 Å². The van der Waals surface area contributed by atoms with E-state index in [1.165, 1.54) is 0 Å². The van der Waals surface area contributed by atoms with Crippen LogP contribution in [0.25, 0.3) is 0 Å². The summed E-state index contributed by atoms with van der Waals surface area (Å²) in [5.41, 5.74) is -3.56. The van der Waals surface area contributed by atoms with Crippen LogP contribution in [0, 0.1) is 0 Å². The summed E-state index contributed by atoms with van der Waals surface area (Å²) >= 11 is 0. The quantitative estimate of drug-likeness (QED) is 0.544. The standard InChI is InChI=1S/C11H16O3/c1-5-10(13,6-2)9(12)11(14,7-3)8-4/h5-9,12-14H,1-4H2. The van der Waals surface area contributed by atoms with Gasteiger partial charge in [-0.25, -0.2) is 0 Å². The fourth-order valence-electron chi connectivity index (χ4n) is 0.984. The highest BCUT2D eigenvalue weighted by Gasteiger charge is 2.42. The highest BCUT2D eigenvalue weighted by Crippen LogP contribution is 2.25. The molecule has 0 amide bonds. The topological polar surface area (TPSA) is 60.7 Å². The Hall–Kier alpha value is -1.16. The predicted octanol–water partition coefficient (Wildman–Crippen LogP) is 0.553. The molecule has 3 nitrogen and oxygen atoms in total. The summed E-state index contributed by atoms with van der Waals surface area (Å²) in [5, 5.41) is 29.2. The Morgan fingerprint density at radius 2 is 1.00 bits per heavy atom. The zero-order valence-corrected chi connectivity index (χ0v) is 8.06. The van der Waals surface area contributed by atoms with E-state index in [1.54, 1.807) is 0 Å². The van der Waals surface area contributed by atoms with Gasteiger partial charge in [-0.05, 0) is 0 Å². The summed E-state index contributed by atoms with van der Waals surface area (Å²) in [6.07, 6.45) is 2.80.